The fourth-order valence-electron chi connectivity index (χ4n) is 2.75. The molecule has 1 aromatic carbocycles. The van der Waals surface area contributed by atoms with Crippen molar-refractivity contribution in [2.45, 2.75) is 30.6 Å². The maximum atomic E-state index is 12.4. The smallest absolute Gasteiger partial charge is 0.298 e. The second-order valence-electron chi connectivity index (χ2n) is 5.45. The van der Waals surface area contributed by atoms with E-state index < -0.39 is 16.1 Å². The normalized spacial score (nSPS) is 17.7. The van der Waals surface area contributed by atoms with E-state index in [1.165, 1.54) is 23.2 Å². The van der Waals surface area contributed by atoms with Gasteiger partial charge >= 0.3 is 6.03 Å². The number of halogens is 2. The molecule has 0 fully saturated rings. The first kappa shape index (κ1) is 16.4. The first-order valence-electron chi connectivity index (χ1n) is 7.14. The summed E-state index contributed by atoms with van der Waals surface area (Å²) in [6.07, 6.45) is 3.95. The Morgan fingerprint density at radius 1 is 1.17 bits per heavy atom. The maximum absolute atomic E-state index is 12.4. The van der Waals surface area contributed by atoms with E-state index in [9.17, 15) is 13.2 Å². The summed E-state index contributed by atoms with van der Waals surface area (Å²) < 4.78 is 26.8. The van der Waals surface area contributed by atoms with Crippen LogP contribution in [0, 0.1) is 0 Å². The quantitative estimate of drug-likeness (QED) is 0.832. The first-order chi connectivity index (χ1) is 10.9. The summed E-state index contributed by atoms with van der Waals surface area (Å²) in [6, 6.07) is 3.59. The van der Waals surface area contributed by atoms with Crippen LogP contribution < -0.4 is 10.1 Å². The third-order valence-corrected chi connectivity index (χ3v) is 6.13. The van der Waals surface area contributed by atoms with Crippen LogP contribution in [0.4, 0.5) is 4.79 Å². The SMILES string of the molecule is O=C(NS(=O)(=O)c1c(Cl)cccc1Cl)N1CC2=C(CCCC2)N1. The Morgan fingerprint density at radius 3 is 2.48 bits per heavy atom. The molecule has 0 saturated heterocycles. The van der Waals surface area contributed by atoms with Gasteiger partial charge in [-0.15, -0.1) is 0 Å². The fourth-order valence-corrected chi connectivity index (χ4v) is 4.85. The lowest BCUT2D eigenvalue weighted by Crippen LogP contribution is -2.46. The lowest BCUT2D eigenvalue weighted by molar-refractivity contribution is 0.198. The zero-order valence-electron chi connectivity index (χ0n) is 12.1. The Labute approximate surface area is 144 Å². The van der Waals surface area contributed by atoms with Crippen LogP contribution in [-0.4, -0.2) is 26.0 Å². The van der Waals surface area contributed by atoms with Crippen molar-refractivity contribution in [3.05, 3.63) is 39.5 Å². The number of amides is 2. The molecule has 0 aromatic heterocycles. The number of hydrogen-bond acceptors (Lipinski definition) is 4. The summed E-state index contributed by atoms with van der Waals surface area (Å²) in [5.74, 6) is 0. The van der Waals surface area contributed by atoms with Gasteiger partial charge in [-0.2, -0.15) is 0 Å². The zero-order chi connectivity index (χ0) is 16.6. The predicted octanol–water partition coefficient (Wildman–Crippen LogP) is 3.04. The number of hydrazine groups is 1. The summed E-state index contributed by atoms with van der Waals surface area (Å²) in [5, 5.41) is 1.19. The van der Waals surface area contributed by atoms with Gasteiger partial charge in [-0.05, 0) is 43.4 Å². The third-order valence-electron chi connectivity index (χ3n) is 3.86. The van der Waals surface area contributed by atoms with Crippen LogP contribution in [0.5, 0.6) is 0 Å². The molecule has 0 bridgehead atoms. The van der Waals surface area contributed by atoms with Crippen LogP contribution in [0.2, 0.25) is 10.0 Å². The monoisotopic (exact) mass is 375 g/mol. The van der Waals surface area contributed by atoms with Crippen molar-refractivity contribution in [1.82, 2.24) is 15.2 Å². The molecule has 0 unspecified atom stereocenters. The molecule has 1 aromatic rings. The van der Waals surface area contributed by atoms with E-state index in [0.717, 1.165) is 37.0 Å². The number of allylic oxidation sites excluding steroid dienone is 1. The van der Waals surface area contributed by atoms with E-state index in [1.54, 1.807) is 0 Å². The van der Waals surface area contributed by atoms with Crippen molar-refractivity contribution >= 4 is 39.3 Å². The van der Waals surface area contributed by atoms with E-state index in [4.69, 9.17) is 23.2 Å². The van der Waals surface area contributed by atoms with Crippen molar-refractivity contribution < 1.29 is 13.2 Å². The number of sulfonamides is 1. The molecule has 0 radical (unpaired) electrons. The molecule has 9 heteroatoms. The van der Waals surface area contributed by atoms with Crippen LogP contribution in [0.15, 0.2) is 34.4 Å². The summed E-state index contributed by atoms with van der Waals surface area (Å²) in [6.45, 7) is 0.382. The zero-order valence-corrected chi connectivity index (χ0v) is 14.4. The van der Waals surface area contributed by atoms with E-state index in [1.807, 2.05) is 4.72 Å². The minimum Gasteiger partial charge on any atom is -0.298 e. The Bertz CT molecular complexity index is 754. The number of nitrogens with zero attached hydrogens (tertiary/aromatic N) is 1. The van der Waals surface area contributed by atoms with E-state index in [-0.39, 0.29) is 14.9 Å². The van der Waals surface area contributed by atoms with Gasteiger partial charge in [0.25, 0.3) is 10.0 Å². The van der Waals surface area contributed by atoms with E-state index >= 15 is 0 Å². The highest BCUT2D eigenvalue weighted by molar-refractivity contribution is 7.90. The second-order valence-corrected chi connectivity index (χ2v) is 7.88. The van der Waals surface area contributed by atoms with Crippen LogP contribution in [0.25, 0.3) is 0 Å². The fraction of sp³-hybridized carbons (Fsp3) is 0.357. The molecule has 0 atom stereocenters. The number of carbonyl (C=O) groups is 1. The average molecular weight is 376 g/mol. The first-order valence-corrected chi connectivity index (χ1v) is 9.38. The van der Waals surface area contributed by atoms with Crippen LogP contribution in [-0.2, 0) is 10.0 Å². The number of benzene rings is 1. The summed E-state index contributed by atoms with van der Waals surface area (Å²) in [4.78, 5) is 12.0. The highest BCUT2D eigenvalue weighted by Gasteiger charge is 2.31. The lowest BCUT2D eigenvalue weighted by Gasteiger charge is -2.19. The topological polar surface area (TPSA) is 78.5 Å². The number of carbonyl (C=O) groups excluding carboxylic acids is 1. The van der Waals surface area contributed by atoms with Crippen molar-refractivity contribution in [3.8, 4) is 0 Å². The van der Waals surface area contributed by atoms with Gasteiger partial charge in [-0.25, -0.2) is 22.9 Å². The molecule has 23 heavy (non-hydrogen) atoms. The molecule has 3 rings (SSSR count). The van der Waals surface area contributed by atoms with Crippen molar-refractivity contribution in [3.63, 3.8) is 0 Å². The number of rotatable bonds is 2. The molecule has 6 nitrogen and oxygen atoms in total. The molecule has 1 aliphatic heterocycles. The Kier molecular flexibility index (Phi) is 4.44. The van der Waals surface area contributed by atoms with Gasteiger partial charge in [0.2, 0.25) is 0 Å². The van der Waals surface area contributed by atoms with Crippen LogP contribution in [0.1, 0.15) is 25.7 Å². The molecule has 0 saturated carbocycles. The molecular weight excluding hydrogens is 361 g/mol. The van der Waals surface area contributed by atoms with Gasteiger partial charge in [-0.1, -0.05) is 29.3 Å². The largest absolute Gasteiger partial charge is 0.350 e. The highest BCUT2D eigenvalue weighted by atomic mass is 35.5. The average Bonchev–Trinajstić information content (AvgIpc) is 2.90. The minimum atomic E-state index is -4.15. The van der Waals surface area contributed by atoms with Crippen molar-refractivity contribution in [2.75, 3.05) is 6.54 Å². The number of hydrogen-bond donors (Lipinski definition) is 2. The van der Waals surface area contributed by atoms with Crippen molar-refractivity contribution in [1.29, 1.82) is 0 Å². The van der Waals surface area contributed by atoms with Gasteiger partial charge in [0.15, 0.2) is 0 Å². The molecular formula is C14H15Cl2N3O3S. The van der Waals surface area contributed by atoms with Crippen LogP contribution in [0.3, 0.4) is 0 Å². The second kappa shape index (κ2) is 6.22. The number of nitrogens with one attached hydrogen (secondary N) is 2. The summed E-state index contributed by atoms with van der Waals surface area (Å²) in [7, 11) is -4.15. The Balaban J connectivity index is 1.75. The minimum absolute atomic E-state index is 0.0374. The Hall–Kier alpha value is -1.44. The molecule has 1 aliphatic carbocycles. The van der Waals surface area contributed by atoms with Gasteiger partial charge < -0.3 is 0 Å². The van der Waals surface area contributed by atoms with Gasteiger partial charge in [-0.3, -0.25) is 5.43 Å². The van der Waals surface area contributed by atoms with E-state index in [2.05, 4.69) is 5.43 Å². The third kappa shape index (κ3) is 3.27. The van der Waals surface area contributed by atoms with Crippen molar-refractivity contribution in [2.24, 2.45) is 0 Å². The molecule has 124 valence electrons. The van der Waals surface area contributed by atoms with Gasteiger partial charge in [0.05, 0.1) is 16.6 Å². The molecule has 1 heterocycles. The predicted molar refractivity (Wildman–Crippen MR) is 87.5 cm³/mol. The standard InChI is InChI=1S/C14H15Cl2N3O3S/c15-10-5-3-6-11(16)13(10)23(21,22)18-14(20)19-8-9-4-1-2-7-12(9)17-19/h3,5-6,17H,1-2,4,7-8H2,(H,18,20). The summed E-state index contributed by atoms with van der Waals surface area (Å²) in [5.41, 5.74) is 5.13. The lowest BCUT2D eigenvalue weighted by atomic mass is 9.98. The molecule has 2 N–H and O–H groups in total. The summed E-state index contributed by atoms with van der Waals surface area (Å²) >= 11 is 11.8. The molecule has 2 aliphatic rings. The van der Waals surface area contributed by atoms with Gasteiger partial charge in [0.1, 0.15) is 4.90 Å². The highest BCUT2D eigenvalue weighted by Crippen LogP contribution is 2.30. The molecule has 0 spiro atoms. The van der Waals surface area contributed by atoms with Gasteiger partial charge in [0, 0.05) is 5.70 Å². The Morgan fingerprint density at radius 2 is 1.83 bits per heavy atom. The number of urea groups is 1. The molecule has 2 amide bonds. The van der Waals surface area contributed by atoms with E-state index in [0.29, 0.717) is 6.54 Å². The maximum Gasteiger partial charge on any atom is 0.350 e. The van der Waals surface area contributed by atoms with Crippen LogP contribution >= 0.6 is 23.2 Å².